The Morgan fingerprint density at radius 1 is 1.80 bits per heavy atom. The first kappa shape index (κ1) is 10.2. The second-order valence-electron chi connectivity index (χ2n) is 3.55. The maximum atomic E-state index is 14.3. The number of alkyl halides is 1. The Kier molecular flexibility index (Phi) is 2.48. The SMILES string of the molecule is COC(=O)C1(F)CNCC1c1ccco1. The van der Waals surface area contributed by atoms with Crippen molar-refractivity contribution in [3.05, 3.63) is 24.2 Å². The minimum absolute atomic E-state index is 0.0367. The number of carbonyl (C=O) groups excluding carboxylic acids is 1. The van der Waals surface area contributed by atoms with Crippen molar-refractivity contribution in [3.8, 4) is 0 Å². The van der Waals surface area contributed by atoms with E-state index in [0.717, 1.165) is 0 Å². The van der Waals surface area contributed by atoms with Crippen LogP contribution < -0.4 is 5.32 Å². The van der Waals surface area contributed by atoms with Crippen LogP contribution in [0.4, 0.5) is 4.39 Å². The van der Waals surface area contributed by atoms with E-state index in [-0.39, 0.29) is 6.54 Å². The van der Waals surface area contributed by atoms with E-state index in [4.69, 9.17) is 4.42 Å². The molecule has 1 aromatic heterocycles. The van der Waals surface area contributed by atoms with Crippen molar-refractivity contribution in [1.29, 1.82) is 0 Å². The first-order valence-corrected chi connectivity index (χ1v) is 4.70. The van der Waals surface area contributed by atoms with Gasteiger partial charge in [0.25, 0.3) is 0 Å². The van der Waals surface area contributed by atoms with Crippen molar-refractivity contribution >= 4 is 5.97 Å². The monoisotopic (exact) mass is 213 g/mol. The zero-order valence-corrected chi connectivity index (χ0v) is 8.33. The maximum Gasteiger partial charge on any atom is 0.345 e. The van der Waals surface area contributed by atoms with Crippen LogP contribution in [0.25, 0.3) is 0 Å². The molecule has 0 radical (unpaired) electrons. The molecule has 1 N–H and O–H groups in total. The fraction of sp³-hybridized carbons (Fsp3) is 0.500. The molecule has 1 saturated heterocycles. The van der Waals surface area contributed by atoms with Crippen molar-refractivity contribution in [2.45, 2.75) is 11.6 Å². The summed E-state index contributed by atoms with van der Waals surface area (Å²) < 4.78 is 23.9. The molecule has 2 unspecified atom stereocenters. The highest BCUT2D eigenvalue weighted by Gasteiger charge is 2.53. The molecule has 2 rings (SSSR count). The van der Waals surface area contributed by atoms with Crippen molar-refractivity contribution < 1.29 is 18.3 Å². The molecule has 0 bridgehead atoms. The molecule has 1 aliphatic heterocycles. The smallest absolute Gasteiger partial charge is 0.345 e. The largest absolute Gasteiger partial charge is 0.469 e. The molecule has 2 heterocycles. The van der Waals surface area contributed by atoms with Crippen molar-refractivity contribution in [2.75, 3.05) is 20.2 Å². The number of hydrogen-bond acceptors (Lipinski definition) is 4. The number of furan rings is 1. The molecule has 2 atom stereocenters. The topological polar surface area (TPSA) is 51.5 Å². The normalized spacial score (nSPS) is 30.4. The van der Waals surface area contributed by atoms with Gasteiger partial charge in [0.2, 0.25) is 5.67 Å². The van der Waals surface area contributed by atoms with E-state index in [9.17, 15) is 9.18 Å². The molecule has 4 nitrogen and oxygen atoms in total. The van der Waals surface area contributed by atoms with E-state index in [1.54, 1.807) is 12.1 Å². The average molecular weight is 213 g/mol. The predicted molar refractivity (Wildman–Crippen MR) is 50.2 cm³/mol. The van der Waals surface area contributed by atoms with E-state index in [0.29, 0.717) is 12.3 Å². The standard InChI is InChI=1S/C10H12FNO3/c1-14-9(13)10(11)6-12-5-7(10)8-3-2-4-15-8/h2-4,7,12H,5-6H2,1H3. The Bertz CT molecular complexity index is 352. The van der Waals surface area contributed by atoms with Crippen LogP contribution in [0.1, 0.15) is 11.7 Å². The number of esters is 1. The van der Waals surface area contributed by atoms with Crippen LogP contribution >= 0.6 is 0 Å². The molecule has 0 aromatic carbocycles. The fourth-order valence-electron chi connectivity index (χ4n) is 1.88. The van der Waals surface area contributed by atoms with Gasteiger partial charge in [0.15, 0.2) is 0 Å². The lowest BCUT2D eigenvalue weighted by Gasteiger charge is -2.21. The van der Waals surface area contributed by atoms with Gasteiger partial charge in [-0.15, -0.1) is 0 Å². The molecule has 82 valence electrons. The van der Waals surface area contributed by atoms with Gasteiger partial charge >= 0.3 is 5.97 Å². The lowest BCUT2D eigenvalue weighted by Crippen LogP contribution is -2.41. The first-order chi connectivity index (χ1) is 7.18. The van der Waals surface area contributed by atoms with Gasteiger partial charge in [0, 0.05) is 13.1 Å². The third kappa shape index (κ3) is 1.52. The summed E-state index contributed by atoms with van der Waals surface area (Å²) in [6.07, 6.45) is 1.46. The molecule has 1 fully saturated rings. The lowest BCUT2D eigenvalue weighted by molar-refractivity contribution is -0.154. The van der Waals surface area contributed by atoms with E-state index in [1.165, 1.54) is 13.4 Å². The van der Waals surface area contributed by atoms with Gasteiger partial charge in [-0.05, 0) is 12.1 Å². The van der Waals surface area contributed by atoms with Gasteiger partial charge in [0.1, 0.15) is 5.76 Å². The van der Waals surface area contributed by atoms with Crippen LogP contribution in [-0.2, 0) is 9.53 Å². The summed E-state index contributed by atoms with van der Waals surface area (Å²) in [4.78, 5) is 11.4. The zero-order chi connectivity index (χ0) is 10.9. The summed E-state index contributed by atoms with van der Waals surface area (Å²) in [6, 6.07) is 3.33. The number of halogens is 1. The highest BCUT2D eigenvalue weighted by atomic mass is 19.1. The summed E-state index contributed by atoms with van der Waals surface area (Å²) in [5.41, 5.74) is -2.02. The van der Waals surface area contributed by atoms with Gasteiger partial charge in [0.05, 0.1) is 19.3 Å². The average Bonchev–Trinajstić information content (AvgIpc) is 2.85. The number of hydrogen-bond donors (Lipinski definition) is 1. The van der Waals surface area contributed by atoms with E-state index in [1.807, 2.05) is 0 Å². The van der Waals surface area contributed by atoms with E-state index < -0.39 is 17.6 Å². The molecule has 1 aromatic rings. The second kappa shape index (κ2) is 3.66. The van der Waals surface area contributed by atoms with E-state index in [2.05, 4.69) is 10.1 Å². The quantitative estimate of drug-likeness (QED) is 0.740. The predicted octanol–water partition coefficient (Wildman–Crippen LogP) is 0.848. The minimum atomic E-state index is -2.02. The maximum absolute atomic E-state index is 14.3. The van der Waals surface area contributed by atoms with Crippen LogP contribution in [0.2, 0.25) is 0 Å². The number of ether oxygens (including phenoxy) is 1. The highest BCUT2D eigenvalue weighted by Crippen LogP contribution is 2.36. The molecule has 15 heavy (non-hydrogen) atoms. The number of carbonyl (C=O) groups is 1. The Hall–Kier alpha value is -1.36. The molecule has 0 amide bonds. The van der Waals surface area contributed by atoms with E-state index >= 15 is 0 Å². The molecule has 5 heteroatoms. The summed E-state index contributed by atoms with van der Waals surface area (Å²) in [6.45, 7) is 0.337. The second-order valence-corrected chi connectivity index (χ2v) is 3.55. The number of methoxy groups -OCH3 is 1. The Morgan fingerprint density at radius 2 is 2.60 bits per heavy atom. The van der Waals surface area contributed by atoms with Crippen molar-refractivity contribution in [2.24, 2.45) is 0 Å². The van der Waals surface area contributed by atoms with Crippen LogP contribution in [-0.4, -0.2) is 31.8 Å². The summed E-state index contributed by atoms with van der Waals surface area (Å²) in [5.74, 6) is -0.998. The Morgan fingerprint density at radius 3 is 3.20 bits per heavy atom. The van der Waals surface area contributed by atoms with Gasteiger partial charge in [-0.25, -0.2) is 9.18 Å². The van der Waals surface area contributed by atoms with Gasteiger partial charge in [-0.2, -0.15) is 0 Å². The summed E-state index contributed by atoms with van der Waals surface area (Å²) in [7, 11) is 1.18. The van der Waals surface area contributed by atoms with Crippen LogP contribution in [0.3, 0.4) is 0 Å². The Labute approximate surface area is 86.4 Å². The molecular formula is C10H12FNO3. The highest BCUT2D eigenvalue weighted by molar-refractivity contribution is 5.81. The lowest BCUT2D eigenvalue weighted by atomic mass is 9.90. The van der Waals surface area contributed by atoms with Crippen molar-refractivity contribution in [3.63, 3.8) is 0 Å². The van der Waals surface area contributed by atoms with Crippen LogP contribution in [0.5, 0.6) is 0 Å². The minimum Gasteiger partial charge on any atom is -0.469 e. The molecular weight excluding hydrogens is 201 g/mol. The van der Waals surface area contributed by atoms with Crippen molar-refractivity contribution in [1.82, 2.24) is 5.32 Å². The number of nitrogens with one attached hydrogen (secondary N) is 1. The number of rotatable bonds is 2. The van der Waals surface area contributed by atoms with Gasteiger partial charge in [-0.1, -0.05) is 0 Å². The van der Waals surface area contributed by atoms with Crippen LogP contribution in [0.15, 0.2) is 22.8 Å². The zero-order valence-electron chi connectivity index (χ0n) is 8.33. The molecule has 0 aliphatic carbocycles. The summed E-state index contributed by atoms with van der Waals surface area (Å²) >= 11 is 0. The first-order valence-electron chi connectivity index (χ1n) is 4.70. The van der Waals surface area contributed by atoms with Crippen LogP contribution in [0, 0.1) is 0 Å². The van der Waals surface area contributed by atoms with Gasteiger partial charge < -0.3 is 14.5 Å². The molecule has 0 saturated carbocycles. The molecule has 1 aliphatic rings. The third-order valence-electron chi connectivity index (χ3n) is 2.69. The fourth-order valence-corrected chi connectivity index (χ4v) is 1.88. The summed E-state index contributed by atoms with van der Waals surface area (Å²) in [5, 5.41) is 2.83. The van der Waals surface area contributed by atoms with Gasteiger partial charge in [-0.3, -0.25) is 0 Å². The third-order valence-corrected chi connectivity index (χ3v) is 2.69. The molecule has 0 spiro atoms. The Balaban J connectivity index is 2.29.